The maximum absolute atomic E-state index is 9.71. The summed E-state index contributed by atoms with van der Waals surface area (Å²) in [5.41, 5.74) is 2.34. The van der Waals surface area contributed by atoms with E-state index in [1.54, 1.807) is 0 Å². The quantitative estimate of drug-likeness (QED) is 0.840. The number of aliphatic hydroxyl groups is 1. The zero-order chi connectivity index (χ0) is 14.6. The zero-order valence-electron chi connectivity index (χ0n) is 12.9. The van der Waals surface area contributed by atoms with Gasteiger partial charge in [-0.15, -0.1) is 0 Å². The van der Waals surface area contributed by atoms with E-state index in [1.165, 1.54) is 11.1 Å². The van der Waals surface area contributed by atoms with Crippen molar-refractivity contribution in [2.75, 3.05) is 13.2 Å². The second-order valence-electron chi connectivity index (χ2n) is 6.05. The van der Waals surface area contributed by atoms with Gasteiger partial charge in [0.15, 0.2) is 0 Å². The van der Waals surface area contributed by atoms with Crippen LogP contribution in [0.3, 0.4) is 0 Å². The van der Waals surface area contributed by atoms with Gasteiger partial charge in [-0.3, -0.25) is 0 Å². The summed E-state index contributed by atoms with van der Waals surface area (Å²) in [6, 6.07) is 6.19. The Kier molecular flexibility index (Phi) is 5.06. The Hall–Kier alpha value is -1.06. The van der Waals surface area contributed by atoms with E-state index in [-0.39, 0.29) is 18.2 Å². The molecular formula is C17H27NO2. The number of rotatable bonds is 6. The van der Waals surface area contributed by atoms with Crippen LogP contribution in [0.1, 0.15) is 43.7 Å². The molecule has 20 heavy (non-hydrogen) atoms. The zero-order valence-corrected chi connectivity index (χ0v) is 12.9. The first-order chi connectivity index (χ1) is 9.60. The van der Waals surface area contributed by atoms with Gasteiger partial charge in [0, 0.05) is 12.0 Å². The average molecular weight is 277 g/mol. The highest BCUT2D eigenvalue weighted by molar-refractivity contribution is 5.38. The van der Waals surface area contributed by atoms with E-state index in [0.717, 1.165) is 38.0 Å². The van der Waals surface area contributed by atoms with Crippen molar-refractivity contribution >= 4 is 0 Å². The van der Waals surface area contributed by atoms with E-state index in [2.05, 4.69) is 32.2 Å². The molecule has 2 rings (SSSR count). The van der Waals surface area contributed by atoms with Crippen molar-refractivity contribution in [2.45, 2.75) is 58.1 Å². The van der Waals surface area contributed by atoms with Gasteiger partial charge in [-0.05, 0) is 56.8 Å². The minimum Gasteiger partial charge on any atom is -0.490 e. The predicted molar refractivity (Wildman–Crippen MR) is 82.3 cm³/mol. The summed E-state index contributed by atoms with van der Waals surface area (Å²) in [5, 5.41) is 13.2. The summed E-state index contributed by atoms with van der Waals surface area (Å²) in [6.07, 6.45) is 4.16. The molecule has 0 radical (unpaired) electrons. The summed E-state index contributed by atoms with van der Waals surface area (Å²) >= 11 is 0. The minimum absolute atomic E-state index is 0.140. The van der Waals surface area contributed by atoms with Gasteiger partial charge in [0.1, 0.15) is 11.9 Å². The van der Waals surface area contributed by atoms with Crippen molar-refractivity contribution in [3.8, 4) is 5.75 Å². The van der Waals surface area contributed by atoms with Crippen molar-refractivity contribution in [1.29, 1.82) is 0 Å². The summed E-state index contributed by atoms with van der Waals surface area (Å²) in [7, 11) is 0. The lowest BCUT2D eigenvalue weighted by Gasteiger charge is -2.28. The normalized spacial score (nSPS) is 25.9. The molecule has 0 spiro atoms. The van der Waals surface area contributed by atoms with Crippen molar-refractivity contribution in [1.82, 2.24) is 5.32 Å². The van der Waals surface area contributed by atoms with Gasteiger partial charge in [-0.2, -0.15) is 0 Å². The van der Waals surface area contributed by atoms with Crippen LogP contribution in [0.4, 0.5) is 0 Å². The molecule has 0 aromatic heterocycles. The van der Waals surface area contributed by atoms with Crippen LogP contribution >= 0.6 is 0 Å². The minimum atomic E-state index is -0.140. The Labute approximate surface area is 122 Å². The molecule has 0 saturated heterocycles. The third-order valence-corrected chi connectivity index (χ3v) is 4.46. The highest BCUT2D eigenvalue weighted by Crippen LogP contribution is 2.33. The first kappa shape index (κ1) is 15.3. The van der Waals surface area contributed by atoms with E-state index >= 15 is 0 Å². The fourth-order valence-electron chi connectivity index (χ4n) is 2.96. The third-order valence-electron chi connectivity index (χ3n) is 4.46. The Morgan fingerprint density at radius 3 is 2.90 bits per heavy atom. The van der Waals surface area contributed by atoms with Gasteiger partial charge in [0.2, 0.25) is 0 Å². The maximum atomic E-state index is 9.71. The molecule has 1 aliphatic rings. The number of ether oxygens (including phenoxy) is 1. The monoisotopic (exact) mass is 277 g/mol. The Morgan fingerprint density at radius 1 is 1.40 bits per heavy atom. The summed E-state index contributed by atoms with van der Waals surface area (Å²) < 4.78 is 6.17. The predicted octanol–water partition coefficient (Wildman–Crippen LogP) is 2.97. The standard InChI is InChI=1S/C17H27NO2/c1-4-10-18-17(12-19)9-8-15(11-17)20-16-7-5-6-13(2)14(16)3/h5-7,15,18-19H,4,8-12H2,1-3H3. The molecule has 0 aliphatic heterocycles. The van der Waals surface area contributed by atoms with Crippen LogP contribution in [0.15, 0.2) is 18.2 Å². The number of nitrogens with one attached hydrogen (secondary N) is 1. The van der Waals surface area contributed by atoms with Crippen molar-refractivity contribution < 1.29 is 9.84 Å². The molecule has 0 bridgehead atoms. The first-order valence-corrected chi connectivity index (χ1v) is 7.69. The van der Waals surface area contributed by atoms with Crippen LogP contribution in [0, 0.1) is 13.8 Å². The molecule has 2 unspecified atom stereocenters. The first-order valence-electron chi connectivity index (χ1n) is 7.69. The average Bonchev–Trinajstić information content (AvgIpc) is 2.86. The SMILES string of the molecule is CCCNC1(CO)CCC(Oc2cccc(C)c2C)C1. The topological polar surface area (TPSA) is 41.5 Å². The van der Waals surface area contributed by atoms with Gasteiger partial charge in [0.05, 0.1) is 6.61 Å². The number of benzene rings is 1. The van der Waals surface area contributed by atoms with Crippen LogP contribution in [0.2, 0.25) is 0 Å². The van der Waals surface area contributed by atoms with Gasteiger partial charge < -0.3 is 15.2 Å². The van der Waals surface area contributed by atoms with E-state index in [4.69, 9.17) is 4.74 Å². The third kappa shape index (κ3) is 3.33. The maximum Gasteiger partial charge on any atom is 0.122 e. The Bertz CT molecular complexity index is 447. The molecule has 1 aliphatic carbocycles. The van der Waals surface area contributed by atoms with Gasteiger partial charge in [0.25, 0.3) is 0 Å². The number of aryl methyl sites for hydroxylation is 1. The number of hydrogen-bond donors (Lipinski definition) is 2. The lowest BCUT2D eigenvalue weighted by Crippen LogP contribution is -2.47. The van der Waals surface area contributed by atoms with Crippen LogP contribution in [0.25, 0.3) is 0 Å². The second kappa shape index (κ2) is 6.59. The highest BCUT2D eigenvalue weighted by Gasteiger charge is 2.39. The molecule has 1 aromatic carbocycles. The largest absolute Gasteiger partial charge is 0.490 e. The number of hydrogen-bond acceptors (Lipinski definition) is 3. The number of aliphatic hydroxyl groups excluding tert-OH is 1. The van der Waals surface area contributed by atoms with Crippen molar-refractivity contribution in [3.63, 3.8) is 0 Å². The second-order valence-corrected chi connectivity index (χ2v) is 6.05. The highest BCUT2D eigenvalue weighted by atomic mass is 16.5. The lowest BCUT2D eigenvalue weighted by molar-refractivity contribution is 0.140. The van der Waals surface area contributed by atoms with E-state index in [1.807, 2.05) is 12.1 Å². The lowest BCUT2D eigenvalue weighted by atomic mass is 9.98. The molecule has 2 atom stereocenters. The fourth-order valence-corrected chi connectivity index (χ4v) is 2.96. The molecule has 0 amide bonds. The van der Waals surface area contributed by atoms with E-state index < -0.39 is 0 Å². The fraction of sp³-hybridized carbons (Fsp3) is 0.647. The molecule has 112 valence electrons. The molecule has 3 heteroatoms. The Balaban J connectivity index is 2.00. The van der Waals surface area contributed by atoms with Gasteiger partial charge in [-0.25, -0.2) is 0 Å². The molecular weight excluding hydrogens is 250 g/mol. The van der Waals surface area contributed by atoms with Crippen LogP contribution < -0.4 is 10.1 Å². The molecule has 1 saturated carbocycles. The molecule has 1 aromatic rings. The van der Waals surface area contributed by atoms with Crippen LogP contribution in [-0.4, -0.2) is 29.9 Å². The molecule has 2 N–H and O–H groups in total. The van der Waals surface area contributed by atoms with Crippen molar-refractivity contribution in [2.24, 2.45) is 0 Å². The van der Waals surface area contributed by atoms with Crippen LogP contribution in [-0.2, 0) is 0 Å². The molecule has 0 heterocycles. The van der Waals surface area contributed by atoms with E-state index in [0.29, 0.717) is 0 Å². The van der Waals surface area contributed by atoms with Gasteiger partial charge >= 0.3 is 0 Å². The summed E-state index contributed by atoms with van der Waals surface area (Å²) in [4.78, 5) is 0. The summed E-state index contributed by atoms with van der Waals surface area (Å²) in [5.74, 6) is 0.985. The van der Waals surface area contributed by atoms with Crippen molar-refractivity contribution in [3.05, 3.63) is 29.3 Å². The Morgan fingerprint density at radius 2 is 2.20 bits per heavy atom. The van der Waals surface area contributed by atoms with E-state index in [9.17, 15) is 5.11 Å². The molecule has 3 nitrogen and oxygen atoms in total. The smallest absolute Gasteiger partial charge is 0.122 e. The summed E-state index contributed by atoms with van der Waals surface area (Å²) in [6.45, 7) is 7.51. The van der Waals surface area contributed by atoms with Crippen LogP contribution in [0.5, 0.6) is 5.75 Å². The van der Waals surface area contributed by atoms with Gasteiger partial charge in [-0.1, -0.05) is 19.1 Å². The molecule has 1 fully saturated rings.